The van der Waals surface area contributed by atoms with Gasteiger partial charge in [0.2, 0.25) is 0 Å². The fourth-order valence-electron chi connectivity index (χ4n) is 4.55. The molecular weight excluding hydrogens is 320 g/mol. The zero-order valence-corrected chi connectivity index (χ0v) is 14.7. The molecule has 0 radical (unpaired) electrons. The lowest BCUT2D eigenvalue weighted by Gasteiger charge is -2.33. The van der Waals surface area contributed by atoms with Gasteiger partial charge < -0.3 is 19.7 Å². The van der Waals surface area contributed by atoms with E-state index in [1.54, 1.807) is 30.4 Å². The highest BCUT2D eigenvalue weighted by molar-refractivity contribution is 5.95. The van der Waals surface area contributed by atoms with Gasteiger partial charge in [0.05, 0.1) is 25.6 Å². The number of carbonyl (C=O) groups is 1. The number of methoxy groups -OCH3 is 2. The monoisotopic (exact) mass is 344 g/mol. The highest BCUT2D eigenvalue weighted by Crippen LogP contribution is 2.60. The molecule has 1 aromatic rings. The molecule has 25 heavy (non-hydrogen) atoms. The van der Waals surface area contributed by atoms with Crippen molar-refractivity contribution in [1.29, 1.82) is 0 Å². The summed E-state index contributed by atoms with van der Waals surface area (Å²) in [6.07, 6.45) is 3.03. The number of phenolic OH excluding ortho intramolecular Hbond substituents is 1. The molecule has 134 valence electrons. The van der Waals surface area contributed by atoms with Crippen LogP contribution in [0.15, 0.2) is 42.7 Å². The third kappa shape index (κ3) is 2.37. The van der Waals surface area contributed by atoms with Gasteiger partial charge in [-0.05, 0) is 36.1 Å². The Labute approximate surface area is 147 Å². The highest BCUT2D eigenvalue weighted by atomic mass is 16.5. The summed E-state index contributed by atoms with van der Waals surface area (Å²) in [5.74, 6) is -0.00429. The second kappa shape index (κ2) is 6.23. The van der Waals surface area contributed by atoms with Crippen molar-refractivity contribution in [3.8, 4) is 11.5 Å². The second-order valence-corrected chi connectivity index (χ2v) is 6.86. The van der Waals surface area contributed by atoms with Crippen LogP contribution in [0.1, 0.15) is 24.8 Å². The number of benzene rings is 1. The number of aromatic hydroxyl groups is 1. The molecule has 0 aliphatic heterocycles. The Morgan fingerprint density at radius 1 is 1.28 bits per heavy atom. The number of aliphatic hydroxyl groups is 1. The van der Waals surface area contributed by atoms with E-state index in [0.29, 0.717) is 17.9 Å². The van der Waals surface area contributed by atoms with Gasteiger partial charge in [-0.2, -0.15) is 0 Å². The lowest BCUT2D eigenvalue weighted by Crippen LogP contribution is -2.40. The van der Waals surface area contributed by atoms with Crippen molar-refractivity contribution >= 4 is 5.78 Å². The Morgan fingerprint density at radius 2 is 2.00 bits per heavy atom. The number of hydrogen-bond donors (Lipinski definition) is 2. The van der Waals surface area contributed by atoms with Crippen LogP contribution in [0.2, 0.25) is 0 Å². The van der Waals surface area contributed by atoms with E-state index >= 15 is 0 Å². The maximum absolute atomic E-state index is 13.2. The molecule has 5 atom stereocenters. The van der Waals surface area contributed by atoms with Gasteiger partial charge in [-0.1, -0.05) is 19.1 Å². The summed E-state index contributed by atoms with van der Waals surface area (Å²) in [6.45, 7) is 5.83. The summed E-state index contributed by atoms with van der Waals surface area (Å²) in [7, 11) is 2.99. The van der Waals surface area contributed by atoms with Crippen LogP contribution in [0.5, 0.6) is 11.5 Å². The van der Waals surface area contributed by atoms with E-state index in [1.165, 1.54) is 14.2 Å². The fraction of sp³-hybridized carbons (Fsp3) is 0.450. The van der Waals surface area contributed by atoms with Crippen LogP contribution in [0.4, 0.5) is 0 Å². The number of aliphatic hydroxyl groups excluding tert-OH is 1. The minimum absolute atomic E-state index is 0.0187. The predicted octanol–water partition coefficient (Wildman–Crippen LogP) is 2.79. The summed E-state index contributed by atoms with van der Waals surface area (Å²) in [4.78, 5) is 13.2. The molecule has 5 nitrogen and oxygen atoms in total. The number of allylic oxidation sites excluding steroid dienone is 2. The first kappa shape index (κ1) is 17.5. The average Bonchev–Trinajstić information content (AvgIpc) is 2.75. The molecule has 2 aliphatic rings. The van der Waals surface area contributed by atoms with Gasteiger partial charge in [-0.3, -0.25) is 4.79 Å². The summed E-state index contributed by atoms with van der Waals surface area (Å²) < 4.78 is 10.6. The van der Waals surface area contributed by atoms with Gasteiger partial charge in [-0.25, -0.2) is 0 Å². The Morgan fingerprint density at radius 3 is 2.60 bits per heavy atom. The molecule has 5 heteroatoms. The number of phenols is 1. The molecule has 2 bridgehead atoms. The van der Waals surface area contributed by atoms with E-state index in [2.05, 4.69) is 6.58 Å². The van der Waals surface area contributed by atoms with E-state index in [0.717, 1.165) is 5.56 Å². The smallest absolute Gasteiger partial charge is 0.160 e. The van der Waals surface area contributed by atoms with Crippen molar-refractivity contribution in [3.05, 3.63) is 48.3 Å². The van der Waals surface area contributed by atoms with E-state index in [4.69, 9.17) is 9.47 Å². The number of ketones is 1. The lowest BCUT2D eigenvalue weighted by molar-refractivity contribution is -0.132. The lowest BCUT2D eigenvalue weighted by atomic mass is 9.71. The normalized spacial score (nSPS) is 33.8. The number of ether oxygens (including phenoxy) is 2. The molecule has 1 saturated carbocycles. The predicted molar refractivity (Wildman–Crippen MR) is 93.4 cm³/mol. The average molecular weight is 344 g/mol. The zero-order chi connectivity index (χ0) is 18.4. The van der Waals surface area contributed by atoms with E-state index < -0.39 is 17.4 Å². The van der Waals surface area contributed by atoms with Crippen molar-refractivity contribution in [1.82, 2.24) is 0 Å². The number of rotatable bonds is 5. The summed E-state index contributed by atoms with van der Waals surface area (Å²) in [5, 5.41) is 20.6. The molecule has 0 aromatic heterocycles. The Kier molecular flexibility index (Phi) is 4.37. The highest BCUT2D eigenvalue weighted by Gasteiger charge is 2.62. The Balaban J connectivity index is 2.15. The number of Topliss-reactive ketones (excluding diaryl/α,β-unsaturated/α-hetero) is 1. The van der Waals surface area contributed by atoms with E-state index in [-0.39, 0.29) is 23.4 Å². The first-order valence-corrected chi connectivity index (χ1v) is 8.38. The van der Waals surface area contributed by atoms with Crippen LogP contribution in [0, 0.1) is 17.3 Å². The molecule has 0 amide bonds. The van der Waals surface area contributed by atoms with Gasteiger partial charge in [0.25, 0.3) is 0 Å². The number of carbonyl (C=O) groups excluding carboxylic acids is 1. The van der Waals surface area contributed by atoms with Crippen LogP contribution >= 0.6 is 0 Å². The third-order valence-corrected chi connectivity index (χ3v) is 5.84. The molecule has 0 spiro atoms. The van der Waals surface area contributed by atoms with E-state index in [9.17, 15) is 15.0 Å². The summed E-state index contributed by atoms with van der Waals surface area (Å²) in [6, 6.07) is 5.09. The third-order valence-electron chi connectivity index (χ3n) is 5.84. The van der Waals surface area contributed by atoms with Crippen LogP contribution < -0.4 is 4.74 Å². The summed E-state index contributed by atoms with van der Waals surface area (Å²) >= 11 is 0. The molecule has 1 fully saturated rings. The maximum atomic E-state index is 13.2. The van der Waals surface area contributed by atoms with Crippen molar-refractivity contribution in [2.24, 2.45) is 17.3 Å². The standard InChI is InChI=1S/C20H24O5/c1-5-8-20-10-15(25-4)18(22)17(19(20)23)16(11(20)2)12-6-7-13(21)14(9-12)24-3/h5-7,9-11,16-18,21-22H,1,8H2,2-4H3/t11-,16+,17-,18-,20-/m0/s1. The molecule has 0 heterocycles. The fourth-order valence-corrected chi connectivity index (χ4v) is 4.55. The number of hydrogen-bond acceptors (Lipinski definition) is 5. The Hall–Kier alpha value is -2.27. The maximum Gasteiger partial charge on any atom is 0.160 e. The quantitative estimate of drug-likeness (QED) is 0.803. The SMILES string of the molecule is C=CC[C@@]12C=C(OC)[C@H](O)[C@@H](C1=O)[C@@H](c1ccc(O)c(OC)c1)[C@@H]2C. The molecular formula is C20H24O5. The van der Waals surface area contributed by atoms with E-state index in [1.807, 2.05) is 6.92 Å². The summed E-state index contributed by atoms with van der Waals surface area (Å²) in [5.41, 5.74) is 0.128. The van der Waals surface area contributed by atoms with Crippen LogP contribution in [-0.4, -0.2) is 36.3 Å². The van der Waals surface area contributed by atoms with Gasteiger partial charge in [0.1, 0.15) is 17.6 Å². The van der Waals surface area contributed by atoms with Gasteiger partial charge in [0, 0.05) is 5.92 Å². The molecule has 0 unspecified atom stereocenters. The van der Waals surface area contributed by atoms with Crippen molar-refractivity contribution in [3.63, 3.8) is 0 Å². The molecule has 0 saturated heterocycles. The van der Waals surface area contributed by atoms with Crippen molar-refractivity contribution in [2.45, 2.75) is 25.4 Å². The van der Waals surface area contributed by atoms with Crippen molar-refractivity contribution in [2.75, 3.05) is 14.2 Å². The van der Waals surface area contributed by atoms with Gasteiger partial charge in [0.15, 0.2) is 11.5 Å². The van der Waals surface area contributed by atoms with Gasteiger partial charge >= 0.3 is 0 Å². The molecule has 2 N–H and O–H groups in total. The van der Waals surface area contributed by atoms with Gasteiger partial charge in [-0.15, -0.1) is 6.58 Å². The molecule has 3 rings (SSSR count). The largest absolute Gasteiger partial charge is 0.504 e. The van der Waals surface area contributed by atoms with Crippen LogP contribution in [0.25, 0.3) is 0 Å². The first-order valence-electron chi connectivity index (χ1n) is 8.38. The second-order valence-electron chi connectivity index (χ2n) is 6.86. The molecule has 2 aliphatic carbocycles. The Bertz CT molecular complexity index is 738. The zero-order valence-electron chi connectivity index (χ0n) is 14.7. The molecule has 1 aromatic carbocycles. The minimum Gasteiger partial charge on any atom is -0.504 e. The van der Waals surface area contributed by atoms with Crippen LogP contribution in [-0.2, 0) is 9.53 Å². The first-order chi connectivity index (χ1) is 11.9. The number of fused-ring (bicyclic) bond motifs is 2. The minimum atomic E-state index is -0.981. The topological polar surface area (TPSA) is 76.0 Å². The van der Waals surface area contributed by atoms with Crippen LogP contribution in [0.3, 0.4) is 0 Å². The van der Waals surface area contributed by atoms with Crippen molar-refractivity contribution < 1.29 is 24.5 Å².